The molecule has 0 aromatic heterocycles. The van der Waals surface area contributed by atoms with Crippen LogP contribution in [0.5, 0.6) is 0 Å². The van der Waals surface area contributed by atoms with Crippen LogP contribution < -0.4 is 0 Å². The molecule has 2 fully saturated rings. The molecule has 1 saturated carbocycles. The summed E-state index contributed by atoms with van der Waals surface area (Å²) in [4.78, 5) is 2.32. The number of hydrogen-bond donors (Lipinski definition) is 2. The van der Waals surface area contributed by atoms with E-state index in [1.54, 1.807) is 0 Å². The Balaban J connectivity index is 1.98. The van der Waals surface area contributed by atoms with Crippen LogP contribution in [0, 0.1) is 0 Å². The number of rotatable bonds is 2. The van der Waals surface area contributed by atoms with Gasteiger partial charge in [0.15, 0.2) is 0 Å². The number of likely N-dealkylation sites (tertiary alicyclic amines) is 1. The third-order valence-corrected chi connectivity index (χ3v) is 3.50. The van der Waals surface area contributed by atoms with Gasteiger partial charge < -0.3 is 10.2 Å². The van der Waals surface area contributed by atoms with E-state index in [1.165, 1.54) is 6.42 Å². The molecule has 2 N–H and O–H groups in total. The first kappa shape index (κ1) is 9.44. The lowest BCUT2D eigenvalue weighted by Crippen LogP contribution is -2.44. The van der Waals surface area contributed by atoms with Crippen molar-refractivity contribution in [1.29, 1.82) is 0 Å². The Morgan fingerprint density at radius 3 is 2.62 bits per heavy atom. The number of nitrogens with zero attached hydrogens (tertiary/aromatic N) is 1. The topological polar surface area (TPSA) is 43.7 Å². The molecular formula is C10H19NO2. The molecule has 0 bridgehead atoms. The molecule has 2 rings (SSSR count). The minimum atomic E-state index is -0.146. The van der Waals surface area contributed by atoms with E-state index in [-0.39, 0.29) is 12.7 Å². The Labute approximate surface area is 79.4 Å². The summed E-state index contributed by atoms with van der Waals surface area (Å²) in [6.07, 6.45) is 5.32. The summed E-state index contributed by atoms with van der Waals surface area (Å²) in [5.41, 5.74) is 0. The monoisotopic (exact) mass is 185 g/mol. The minimum Gasteiger partial charge on any atom is -0.395 e. The van der Waals surface area contributed by atoms with Gasteiger partial charge >= 0.3 is 0 Å². The lowest BCUT2D eigenvalue weighted by molar-refractivity contribution is 0.0456. The predicted molar refractivity (Wildman–Crippen MR) is 50.5 cm³/mol. The standard InChI is InChI=1S/C10H19NO2/c12-7-8-3-2-6-11(8)9-4-1-5-10(9)13/h8-10,12-13H,1-7H2. The van der Waals surface area contributed by atoms with Gasteiger partial charge in [0.1, 0.15) is 0 Å². The fraction of sp³-hybridized carbons (Fsp3) is 1.00. The zero-order chi connectivity index (χ0) is 9.26. The van der Waals surface area contributed by atoms with Gasteiger partial charge in [0.2, 0.25) is 0 Å². The first-order valence-corrected chi connectivity index (χ1v) is 5.37. The lowest BCUT2D eigenvalue weighted by Gasteiger charge is -2.31. The molecule has 0 radical (unpaired) electrons. The zero-order valence-electron chi connectivity index (χ0n) is 8.02. The molecule has 3 unspecified atom stereocenters. The van der Waals surface area contributed by atoms with Crippen molar-refractivity contribution in [2.45, 2.75) is 50.3 Å². The lowest BCUT2D eigenvalue weighted by atomic mass is 10.1. The fourth-order valence-electron chi connectivity index (χ4n) is 2.80. The van der Waals surface area contributed by atoms with Gasteiger partial charge in [0, 0.05) is 12.1 Å². The summed E-state index contributed by atoms with van der Waals surface area (Å²) >= 11 is 0. The Morgan fingerprint density at radius 2 is 2.00 bits per heavy atom. The normalized spacial score (nSPS) is 41.5. The van der Waals surface area contributed by atoms with E-state index < -0.39 is 0 Å². The van der Waals surface area contributed by atoms with Gasteiger partial charge in [-0.1, -0.05) is 0 Å². The summed E-state index contributed by atoms with van der Waals surface area (Å²) in [7, 11) is 0. The first-order valence-electron chi connectivity index (χ1n) is 5.37. The summed E-state index contributed by atoms with van der Waals surface area (Å²) in [5.74, 6) is 0. The summed E-state index contributed by atoms with van der Waals surface area (Å²) in [6, 6.07) is 0.650. The van der Waals surface area contributed by atoms with Crippen LogP contribution in [-0.2, 0) is 0 Å². The fourth-order valence-corrected chi connectivity index (χ4v) is 2.80. The minimum absolute atomic E-state index is 0.146. The predicted octanol–water partition coefficient (Wildman–Crippen LogP) is 0.356. The number of aliphatic hydroxyl groups is 2. The molecule has 1 heterocycles. The third-order valence-electron chi connectivity index (χ3n) is 3.50. The maximum Gasteiger partial charge on any atom is 0.0695 e. The molecule has 3 atom stereocenters. The van der Waals surface area contributed by atoms with E-state index in [9.17, 15) is 5.11 Å². The molecule has 3 nitrogen and oxygen atoms in total. The van der Waals surface area contributed by atoms with Gasteiger partial charge in [0.25, 0.3) is 0 Å². The number of hydrogen-bond acceptors (Lipinski definition) is 3. The maximum absolute atomic E-state index is 9.74. The average molecular weight is 185 g/mol. The Hall–Kier alpha value is -0.120. The number of aliphatic hydroxyl groups excluding tert-OH is 2. The van der Waals surface area contributed by atoms with Crippen LogP contribution in [0.15, 0.2) is 0 Å². The smallest absolute Gasteiger partial charge is 0.0695 e. The molecular weight excluding hydrogens is 166 g/mol. The van der Waals surface area contributed by atoms with Crippen LogP contribution in [0.1, 0.15) is 32.1 Å². The highest BCUT2D eigenvalue weighted by Gasteiger charge is 2.36. The SMILES string of the molecule is OCC1CCCN1C1CCCC1O. The van der Waals surface area contributed by atoms with Gasteiger partial charge in [-0.25, -0.2) is 0 Å². The molecule has 0 aromatic rings. The third kappa shape index (κ3) is 1.73. The van der Waals surface area contributed by atoms with Crippen molar-refractivity contribution >= 4 is 0 Å². The highest BCUT2D eigenvalue weighted by molar-refractivity contribution is 4.91. The van der Waals surface area contributed by atoms with Crippen molar-refractivity contribution in [3.05, 3.63) is 0 Å². The van der Waals surface area contributed by atoms with Crippen LogP contribution in [0.3, 0.4) is 0 Å². The van der Waals surface area contributed by atoms with E-state index in [1.807, 2.05) is 0 Å². The van der Waals surface area contributed by atoms with Crippen LogP contribution in [-0.4, -0.2) is 46.5 Å². The largest absolute Gasteiger partial charge is 0.395 e. The molecule has 2 aliphatic rings. The highest BCUT2D eigenvalue weighted by Crippen LogP contribution is 2.30. The molecule has 1 saturated heterocycles. The Kier molecular flexibility index (Phi) is 2.86. The van der Waals surface area contributed by atoms with Gasteiger partial charge in [0.05, 0.1) is 12.7 Å². The van der Waals surface area contributed by atoms with Gasteiger partial charge in [-0.15, -0.1) is 0 Å². The Morgan fingerprint density at radius 1 is 1.15 bits per heavy atom. The summed E-state index contributed by atoms with van der Waals surface area (Å²) in [5, 5.41) is 18.9. The van der Waals surface area contributed by atoms with E-state index >= 15 is 0 Å². The quantitative estimate of drug-likeness (QED) is 0.652. The molecule has 1 aliphatic carbocycles. The van der Waals surface area contributed by atoms with Crippen molar-refractivity contribution in [3.63, 3.8) is 0 Å². The maximum atomic E-state index is 9.74. The van der Waals surface area contributed by atoms with Crippen LogP contribution >= 0.6 is 0 Å². The van der Waals surface area contributed by atoms with Gasteiger partial charge in [-0.05, 0) is 38.6 Å². The Bertz CT molecular complexity index is 174. The van der Waals surface area contributed by atoms with Crippen molar-refractivity contribution in [2.75, 3.05) is 13.2 Å². The molecule has 76 valence electrons. The van der Waals surface area contributed by atoms with Crippen molar-refractivity contribution in [3.8, 4) is 0 Å². The van der Waals surface area contributed by atoms with E-state index in [4.69, 9.17) is 5.11 Å². The molecule has 1 aliphatic heterocycles. The molecule has 13 heavy (non-hydrogen) atoms. The second kappa shape index (κ2) is 3.95. The van der Waals surface area contributed by atoms with Crippen molar-refractivity contribution < 1.29 is 10.2 Å². The van der Waals surface area contributed by atoms with E-state index in [2.05, 4.69) is 4.90 Å². The van der Waals surface area contributed by atoms with E-state index in [0.29, 0.717) is 12.1 Å². The molecule has 0 aromatic carbocycles. The van der Waals surface area contributed by atoms with Crippen molar-refractivity contribution in [1.82, 2.24) is 4.90 Å². The first-order chi connectivity index (χ1) is 6.33. The molecule has 0 amide bonds. The zero-order valence-corrected chi connectivity index (χ0v) is 8.02. The molecule has 0 spiro atoms. The summed E-state index contributed by atoms with van der Waals surface area (Å²) in [6.45, 7) is 1.32. The summed E-state index contributed by atoms with van der Waals surface area (Å²) < 4.78 is 0. The van der Waals surface area contributed by atoms with Gasteiger partial charge in [-0.3, -0.25) is 4.90 Å². The van der Waals surface area contributed by atoms with Gasteiger partial charge in [-0.2, -0.15) is 0 Å². The second-order valence-corrected chi connectivity index (χ2v) is 4.28. The van der Waals surface area contributed by atoms with Crippen LogP contribution in [0.4, 0.5) is 0 Å². The van der Waals surface area contributed by atoms with Crippen molar-refractivity contribution in [2.24, 2.45) is 0 Å². The average Bonchev–Trinajstić information content (AvgIpc) is 2.71. The van der Waals surface area contributed by atoms with Crippen LogP contribution in [0.2, 0.25) is 0 Å². The molecule has 3 heteroatoms. The highest BCUT2D eigenvalue weighted by atomic mass is 16.3. The second-order valence-electron chi connectivity index (χ2n) is 4.28. The van der Waals surface area contributed by atoms with E-state index in [0.717, 1.165) is 32.2 Å². The van der Waals surface area contributed by atoms with Crippen LogP contribution in [0.25, 0.3) is 0 Å².